The van der Waals surface area contributed by atoms with Gasteiger partial charge in [-0.2, -0.15) is 0 Å². The van der Waals surface area contributed by atoms with Gasteiger partial charge in [-0.05, 0) is 88.8 Å². The summed E-state index contributed by atoms with van der Waals surface area (Å²) in [4.78, 5) is 2.48. The molecule has 0 saturated carbocycles. The molecule has 11 rings (SSSR count). The largest absolute Gasteiger partial charge is 0.311 e. The Kier molecular flexibility index (Phi) is 6.93. The van der Waals surface area contributed by atoms with Crippen molar-refractivity contribution in [2.24, 2.45) is 0 Å². The molecule has 0 N–H and O–H groups in total. The maximum atomic E-state index is 2.48. The lowest BCUT2D eigenvalue weighted by Gasteiger charge is -2.31. The summed E-state index contributed by atoms with van der Waals surface area (Å²) in [6.07, 6.45) is 8.11. The van der Waals surface area contributed by atoms with Crippen LogP contribution in [0.4, 0.5) is 11.4 Å². The molecule has 3 heteroatoms. The highest BCUT2D eigenvalue weighted by atomic mass is 32.1. The third-order valence-electron chi connectivity index (χ3n) is 11.9. The molecule has 0 bridgehead atoms. The minimum atomic E-state index is -0.0951. The average molecular weight is 711 g/mol. The number of para-hydroxylation sites is 1. The van der Waals surface area contributed by atoms with Crippen molar-refractivity contribution in [2.75, 3.05) is 4.90 Å². The summed E-state index contributed by atoms with van der Waals surface area (Å²) in [5, 5.41) is 5.25. The molecule has 0 fully saturated rings. The molecule has 1 atom stereocenters. The van der Waals surface area contributed by atoms with Gasteiger partial charge in [0, 0.05) is 65.0 Å². The van der Waals surface area contributed by atoms with Crippen LogP contribution in [0.2, 0.25) is 0 Å². The van der Waals surface area contributed by atoms with E-state index in [0.29, 0.717) is 5.92 Å². The molecular weight excluding hydrogens is 673 g/mol. The molecule has 258 valence electrons. The van der Waals surface area contributed by atoms with Crippen molar-refractivity contribution in [3.05, 3.63) is 198 Å². The predicted molar refractivity (Wildman–Crippen MR) is 231 cm³/mol. The molecule has 2 aromatic heterocycles. The van der Waals surface area contributed by atoms with Gasteiger partial charge in [-0.15, -0.1) is 11.3 Å². The van der Waals surface area contributed by atoms with Gasteiger partial charge in [0.1, 0.15) is 0 Å². The Bertz CT molecular complexity index is 3000. The van der Waals surface area contributed by atoms with Gasteiger partial charge >= 0.3 is 0 Å². The van der Waals surface area contributed by atoms with Gasteiger partial charge in [0.15, 0.2) is 0 Å². The van der Waals surface area contributed by atoms with Crippen molar-refractivity contribution in [3.63, 3.8) is 0 Å². The van der Waals surface area contributed by atoms with Crippen LogP contribution < -0.4 is 4.90 Å². The summed E-state index contributed by atoms with van der Waals surface area (Å²) >= 11 is 1.91. The van der Waals surface area contributed by atoms with Gasteiger partial charge in [-0.3, -0.25) is 0 Å². The molecule has 9 aromatic rings. The maximum Gasteiger partial charge on any atom is 0.0562 e. The Morgan fingerprint density at radius 1 is 0.611 bits per heavy atom. The standard InChI is InChI=1S/C51H38N2S/c1-51(2)44-19-11-9-17-39(44)40-27-25-37(31-45(40)51)52(36-23-21-34(22-24-36)33-13-5-3-6-14-33)38-26-28-43-47(32-38)53(35-15-7-4-8-16-35)46-30-29-42-41-18-10-12-20-48(41)54-50(42)49(43)46/h3-21,23-32,34H,22H2,1-2H3. The van der Waals surface area contributed by atoms with E-state index in [0.717, 1.165) is 12.1 Å². The first-order valence-corrected chi connectivity index (χ1v) is 19.8. The molecule has 0 spiro atoms. The van der Waals surface area contributed by atoms with Gasteiger partial charge in [-0.1, -0.05) is 135 Å². The number of aromatic nitrogens is 1. The highest BCUT2D eigenvalue weighted by Crippen LogP contribution is 2.51. The molecule has 54 heavy (non-hydrogen) atoms. The average Bonchev–Trinajstić information content (AvgIpc) is 3.84. The van der Waals surface area contributed by atoms with E-state index in [9.17, 15) is 0 Å². The monoisotopic (exact) mass is 710 g/mol. The Hall–Kier alpha value is -6.16. The van der Waals surface area contributed by atoms with Crippen LogP contribution in [0, 0.1) is 0 Å². The molecule has 2 nitrogen and oxygen atoms in total. The van der Waals surface area contributed by atoms with Crippen LogP contribution in [0.5, 0.6) is 0 Å². The summed E-state index contributed by atoms with van der Waals surface area (Å²) < 4.78 is 5.15. The van der Waals surface area contributed by atoms with Crippen LogP contribution in [-0.2, 0) is 5.41 Å². The zero-order chi connectivity index (χ0) is 36.0. The molecule has 2 aliphatic carbocycles. The lowest BCUT2D eigenvalue weighted by Crippen LogP contribution is -2.19. The van der Waals surface area contributed by atoms with E-state index in [1.165, 1.54) is 86.9 Å². The first kappa shape index (κ1) is 31.4. The first-order valence-electron chi connectivity index (χ1n) is 19.0. The van der Waals surface area contributed by atoms with Gasteiger partial charge < -0.3 is 9.47 Å². The van der Waals surface area contributed by atoms with E-state index in [1.54, 1.807) is 0 Å². The van der Waals surface area contributed by atoms with Crippen molar-refractivity contribution in [1.29, 1.82) is 0 Å². The number of allylic oxidation sites excluding steroid dienone is 3. The topological polar surface area (TPSA) is 8.17 Å². The smallest absolute Gasteiger partial charge is 0.0562 e. The Labute approximate surface area is 319 Å². The first-order chi connectivity index (χ1) is 26.5. The van der Waals surface area contributed by atoms with Crippen molar-refractivity contribution in [3.8, 4) is 16.8 Å². The fraction of sp³-hybridized carbons (Fsp3) is 0.0980. The summed E-state index contributed by atoms with van der Waals surface area (Å²) in [5.41, 5.74) is 13.9. The van der Waals surface area contributed by atoms with E-state index in [4.69, 9.17) is 0 Å². The Morgan fingerprint density at radius 2 is 1.31 bits per heavy atom. The number of nitrogens with zero attached hydrogens (tertiary/aromatic N) is 2. The third-order valence-corrected chi connectivity index (χ3v) is 13.1. The number of hydrogen-bond donors (Lipinski definition) is 0. The zero-order valence-electron chi connectivity index (χ0n) is 30.3. The summed E-state index contributed by atoms with van der Waals surface area (Å²) in [6.45, 7) is 4.74. The highest BCUT2D eigenvalue weighted by molar-refractivity contribution is 7.26. The highest BCUT2D eigenvalue weighted by Gasteiger charge is 2.36. The summed E-state index contributed by atoms with van der Waals surface area (Å²) in [6, 6.07) is 58.4. The molecule has 0 aliphatic heterocycles. The van der Waals surface area contributed by atoms with Crippen LogP contribution >= 0.6 is 11.3 Å². The number of fused-ring (bicyclic) bond motifs is 10. The van der Waals surface area contributed by atoms with Crippen molar-refractivity contribution in [1.82, 2.24) is 4.57 Å². The molecule has 0 radical (unpaired) electrons. The van der Waals surface area contributed by atoms with Crippen LogP contribution in [0.15, 0.2) is 182 Å². The summed E-state index contributed by atoms with van der Waals surface area (Å²) in [7, 11) is 0. The minimum Gasteiger partial charge on any atom is -0.311 e. The van der Waals surface area contributed by atoms with Crippen LogP contribution in [0.1, 0.15) is 42.9 Å². The van der Waals surface area contributed by atoms with E-state index < -0.39 is 0 Å². The number of benzene rings is 7. The maximum absolute atomic E-state index is 2.48. The fourth-order valence-corrected chi connectivity index (χ4v) is 10.5. The van der Waals surface area contributed by atoms with Gasteiger partial charge in [0.2, 0.25) is 0 Å². The normalized spacial score (nSPS) is 15.9. The van der Waals surface area contributed by atoms with Crippen molar-refractivity contribution < 1.29 is 0 Å². The zero-order valence-corrected chi connectivity index (χ0v) is 31.1. The van der Waals surface area contributed by atoms with Crippen molar-refractivity contribution in [2.45, 2.75) is 31.6 Å². The lowest BCUT2D eigenvalue weighted by molar-refractivity contribution is 0.660. The van der Waals surface area contributed by atoms with E-state index >= 15 is 0 Å². The Balaban J connectivity index is 1.14. The molecule has 1 unspecified atom stereocenters. The van der Waals surface area contributed by atoms with Gasteiger partial charge in [-0.25, -0.2) is 0 Å². The van der Waals surface area contributed by atoms with Gasteiger partial charge in [0.05, 0.1) is 11.0 Å². The van der Waals surface area contributed by atoms with Crippen LogP contribution in [0.3, 0.4) is 0 Å². The molecule has 7 aromatic carbocycles. The number of rotatable bonds is 5. The van der Waals surface area contributed by atoms with Crippen LogP contribution in [-0.4, -0.2) is 4.57 Å². The quantitative estimate of drug-likeness (QED) is 0.173. The van der Waals surface area contributed by atoms with E-state index in [1.807, 2.05) is 11.3 Å². The molecule has 0 amide bonds. The summed E-state index contributed by atoms with van der Waals surface area (Å²) in [5.74, 6) is 0.358. The second-order valence-corrected chi connectivity index (χ2v) is 16.3. The van der Waals surface area contributed by atoms with Crippen molar-refractivity contribution >= 4 is 64.7 Å². The number of anilines is 2. The van der Waals surface area contributed by atoms with Crippen LogP contribution in [0.25, 0.3) is 58.8 Å². The fourth-order valence-electron chi connectivity index (χ4n) is 9.27. The third kappa shape index (κ3) is 4.65. The minimum absolute atomic E-state index is 0.0951. The molecule has 0 saturated heterocycles. The molecule has 2 aliphatic rings. The SMILES string of the molecule is CC1(C)c2ccccc2-c2ccc(N(C3=CCC(c4ccccc4)C=C3)c3ccc4c5c6sc7ccccc7c6ccc5n(-c5ccccc5)c4c3)cc21. The second-order valence-electron chi connectivity index (χ2n) is 15.3. The molecular formula is C51H38N2S. The number of hydrogen-bond acceptors (Lipinski definition) is 2. The van der Waals surface area contributed by atoms with E-state index in [2.05, 4.69) is 199 Å². The second kappa shape index (κ2) is 11.9. The van der Waals surface area contributed by atoms with Gasteiger partial charge in [0.25, 0.3) is 0 Å². The number of thiophene rings is 1. The molecule has 2 heterocycles. The lowest BCUT2D eigenvalue weighted by atomic mass is 9.82. The predicted octanol–water partition coefficient (Wildman–Crippen LogP) is 14.2. The Morgan fingerprint density at radius 3 is 2.15 bits per heavy atom. The van der Waals surface area contributed by atoms with E-state index in [-0.39, 0.29) is 5.41 Å².